The molecule has 0 aromatic carbocycles. The van der Waals surface area contributed by atoms with Crippen LogP contribution in [0, 0.1) is 13.8 Å². The summed E-state index contributed by atoms with van der Waals surface area (Å²) >= 11 is 0. The first-order valence-corrected chi connectivity index (χ1v) is 5.50. The highest BCUT2D eigenvalue weighted by molar-refractivity contribution is 5.24. The summed E-state index contributed by atoms with van der Waals surface area (Å²) in [5.41, 5.74) is 4.93. The fraction of sp³-hybridized carbons (Fsp3) is 0.417. The number of hydrogen-bond donors (Lipinski definition) is 2. The van der Waals surface area contributed by atoms with E-state index in [9.17, 15) is 0 Å². The SMILES string of the molecule is Cc1nn(C)c(C)c1CNCc1cc[nH]c1. The molecule has 0 amide bonds. The van der Waals surface area contributed by atoms with Crippen molar-refractivity contribution >= 4 is 0 Å². The van der Waals surface area contributed by atoms with E-state index in [1.54, 1.807) is 0 Å². The third-order valence-electron chi connectivity index (χ3n) is 2.95. The molecule has 16 heavy (non-hydrogen) atoms. The molecule has 2 aromatic heterocycles. The summed E-state index contributed by atoms with van der Waals surface area (Å²) in [6.45, 7) is 5.92. The van der Waals surface area contributed by atoms with Gasteiger partial charge in [-0.2, -0.15) is 5.10 Å². The molecule has 2 aromatic rings. The van der Waals surface area contributed by atoms with Crippen LogP contribution in [0.2, 0.25) is 0 Å². The predicted octanol–water partition coefficient (Wildman–Crippen LogP) is 1.65. The minimum absolute atomic E-state index is 0.872. The summed E-state index contributed by atoms with van der Waals surface area (Å²) in [6.07, 6.45) is 3.95. The van der Waals surface area contributed by atoms with Crippen LogP contribution in [0.5, 0.6) is 0 Å². The maximum Gasteiger partial charge on any atom is 0.0641 e. The molecule has 0 aliphatic heterocycles. The summed E-state index contributed by atoms with van der Waals surface area (Å²) in [5.74, 6) is 0. The Morgan fingerprint density at radius 2 is 2.19 bits per heavy atom. The third kappa shape index (κ3) is 2.17. The van der Waals surface area contributed by atoms with Gasteiger partial charge in [0.25, 0.3) is 0 Å². The lowest BCUT2D eigenvalue weighted by Crippen LogP contribution is -2.13. The van der Waals surface area contributed by atoms with E-state index in [4.69, 9.17) is 0 Å². The Morgan fingerprint density at radius 1 is 1.38 bits per heavy atom. The lowest BCUT2D eigenvalue weighted by molar-refractivity contribution is 0.684. The van der Waals surface area contributed by atoms with Gasteiger partial charge < -0.3 is 10.3 Å². The minimum Gasteiger partial charge on any atom is -0.367 e. The summed E-state index contributed by atoms with van der Waals surface area (Å²) in [7, 11) is 1.98. The van der Waals surface area contributed by atoms with Crippen LogP contribution in [-0.2, 0) is 20.1 Å². The van der Waals surface area contributed by atoms with Crippen LogP contribution in [0.4, 0.5) is 0 Å². The van der Waals surface area contributed by atoms with Crippen molar-refractivity contribution in [1.82, 2.24) is 20.1 Å². The van der Waals surface area contributed by atoms with Gasteiger partial charge in [0.05, 0.1) is 5.69 Å². The first-order valence-electron chi connectivity index (χ1n) is 5.50. The second-order valence-corrected chi connectivity index (χ2v) is 4.10. The van der Waals surface area contributed by atoms with E-state index in [0.717, 1.165) is 18.8 Å². The fourth-order valence-corrected chi connectivity index (χ4v) is 1.87. The van der Waals surface area contributed by atoms with E-state index in [1.165, 1.54) is 16.8 Å². The van der Waals surface area contributed by atoms with Crippen molar-refractivity contribution in [1.29, 1.82) is 0 Å². The first-order chi connectivity index (χ1) is 7.68. The van der Waals surface area contributed by atoms with Gasteiger partial charge in [-0.05, 0) is 25.5 Å². The van der Waals surface area contributed by atoms with Gasteiger partial charge in [-0.3, -0.25) is 4.68 Å². The molecule has 4 heteroatoms. The average Bonchev–Trinajstić information content (AvgIpc) is 2.82. The van der Waals surface area contributed by atoms with E-state index in [0.29, 0.717) is 0 Å². The van der Waals surface area contributed by atoms with Gasteiger partial charge in [0.15, 0.2) is 0 Å². The van der Waals surface area contributed by atoms with Crippen molar-refractivity contribution < 1.29 is 0 Å². The van der Waals surface area contributed by atoms with Gasteiger partial charge in [-0.15, -0.1) is 0 Å². The van der Waals surface area contributed by atoms with Crippen molar-refractivity contribution in [2.45, 2.75) is 26.9 Å². The largest absolute Gasteiger partial charge is 0.367 e. The normalized spacial score (nSPS) is 10.9. The van der Waals surface area contributed by atoms with Gasteiger partial charge >= 0.3 is 0 Å². The summed E-state index contributed by atoms with van der Waals surface area (Å²) in [6, 6.07) is 2.08. The number of nitrogens with zero attached hydrogens (tertiary/aromatic N) is 2. The average molecular weight is 218 g/mol. The van der Waals surface area contributed by atoms with E-state index >= 15 is 0 Å². The Bertz CT molecular complexity index is 454. The molecule has 0 saturated carbocycles. The topological polar surface area (TPSA) is 45.6 Å². The number of aromatic nitrogens is 3. The van der Waals surface area contributed by atoms with Gasteiger partial charge in [-0.25, -0.2) is 0 Å². The molecule has 0 radical (unpaired) electrons. The molecule has 2 heterocycles. The summed E-state index contributed by atoms with van der Waals surface area (Å²) < 4.78 is 1.93. The Kier molecular flexibility index (Phi) is 3.10. The highest BCUT2D eigenvalue weighted by Gasteiger charge is 2.08. The first kappa shape index (κ1) is 11.0. The number of rotatable bonds is 4. The van der Waals surface area contributed by atoms with E-state index in [2.05, 4.69) is 35.3 Å². The molecule has 0 saturated heterocycles. The van der Waals surface area contributed by atoms with Crippen LogP contribution in [0.25, 0.3) is 0 Å². The molecular weight excluding hydrogens is 200 g/mol. The molecule has 86 valence electrons. The van der Waals surface area contributed by atoms with Crippen molar-refractivity contribution in [3.63, 3.8) is 0 Å². The Balaban J connectivity index is 1.95. The third-order valence-corrected chi connectivity index (χ3v) is 2.95. The van der Waals surface area contributed by atoms with Crippen molar-refractivity contribution in [3.8, 4) is 0 Å². The van der Waals surface area contributed by atoms with Crippen LogP contribution in [0.15, 0.2) is 18.5 Å². The van der Waals surface area contributed by atoms with E-state index < -0.39 is 0 Å². The molecule has 0 aliphatic rings. The summed E-state index contributed by atoms with van der Waals surface area (Å²) in [4.78, 5) is 3.05. The number of H-pyrrole nitrogens is 1. The zero-order chi connectivity index (χ0) is 11.5. The van der Waals surface area contributed by atoms with E-state index in [-0.39, 0.29) is 0 Å². The van der Waals surface area contributed by atoms with Crippen LogP contribution < -0.4 is 5.32 Å². The fourth-order valence-electron chi connectivity index (χ4n) is 1.87. The molecule has 0 spiro atoms. The molecule has 0 atom stereocenters. The minimum atomic E-state index is 0.872. The Morgan fingerprint density at radius 3 is 2.75 bits per heavy atom. The molecule has 0 bridgehead atoms. The second kappa shape index (κ2) is 4.53. The quantitative estimate of drug-likeness (QED) is 0.819. The van der Waals surface area contributed by atoms with Crippen LogP contribution in [-0.4, -0.2) is 14.8 Å². The smallest absolute Gasteiger partial charge is 0.0641 e. The molecule has 4 nitrogen and oxygen atoms in total. The maximum atomic E-state index is 4.40. The molecule has 0 unspecified atom stereocenters. The zero-order valence-corrected chi connectivity index (χ0v) is 10.0. The molecular formula is C12H18N4. The summed E-state index contributed by atoms with van der Waals surface area (Å²) in [5, 5.41) is 7.82. The van der Waals surface area contributed by atoms with Gasteiger partial charge in [0.2, 0.25) is 0 Å². The Labute approximate surface area is 95.7 Å². The lowest BCUT2D eigenvalue weighted by atomic mass is 10.2. The zero-order valence-electron chi connectivity index (χ0n) is 10.0. The predicted molar refractivity (Wildman–Crippen MR) is 64.0 cm³/mol. The molecule has 2 rings (SSSR count). The number of hydrogen-bond acceptors (Lipinski definition) is 2. The van der Waals surface area contributed by atoms with Gasteiger partial charge in [-0.1, -0.05) is 0 Å². The highest BCUT2D eigenvalue weighted by Crippen LogP contribution is 2.11. The monoisotopic (exact) mass is 218 g/mol. The Hall–Kier alpha value is -1.55. The van der Waals surface area contributed by atoms with E-state index in [1.807, 2.05) is 24.1 Å². The van der Waals surface area contributed by atoms with Gasteiger partial charge in [0, 0.05) is 43.8 Å². The van der Waals surface area contributed by atoms with Crippen LogP contribution in [0.1, 0.15) is 22.5 Å². The van der Waals surface area contributed by atoms with Crippen molar-refractivity contribution in [2.24, 2.45) is 7.05 Å². The second-order valence-electron chi connectivity index (χ2n) is 4.10. The lowest BCUT2D eigenvalue weighted by Gasteiger charge is -2.04. The molecule has 2 N–H and O–H groups in total. The standard InChI is InChI=1S/C12H18N4/c1-9-12(10(2)16(3)15-9)8-14-7-11-4-5-13-6-11/h4-6,13-14H,7-8H2,1-3H3. The van der Waals surface area contributed by atoms with Gasteiger partial charge in [0.1, 0.15) is 0 Å². The van der Waals surface area contributed by atoms with Crippen molar-refractivity contribution in [2.75, 3.05) is 0 Å². The van der Waals surface area contributed by atoms with Crippen molar-refractivity contribution in [3.05, 3.63) is 41.0 Å². The number of nitrogens with one attached hydrogen (secondary N) is 2. The highest BCUT2D eigenvalue weighted by atomic mass is 15.3. The molecule has 0 aliphatic carbocycles. The van der Waals surface area contributed by atoms with Crippen LogP contribution in [0.3, 0.4) is 0 Å². The maximum absolute atomic E-state index is 4.40. The number of aryl methyl sites for hydroxylation is 2. The molecule has 0 fully saturated rings. The van der Waals surface area contributed by atoms with Crippen LogP contribution >= 0.6 is 0 Å². The number of aromatic amines is 1.